The fraction of sp³-hybridized carbons (Fsp3) is 0.0455. The third-order valence-corrected chi connectivity index (χ3v) is 4.31. The predicted octanol–water partition coefficient (Wildman–Crippen LogP) is 0.966. The van der Waals surface area contributed by atoms with Gasteiger partial charge in [-0.15, -0.1) is 0 Å². The number of hydrogen-bond acceptors (Lipinski definition) is 3. The van der Waals surface area contributed by atoms with E-state index in [1.807, 2.05) is 65.4 Å². The summed E-state index contributed by atoms with van der Waals surface area (Å²) in [5.41, 5.74) is 2.10. The lowest BCUT2D eigenvalue weighted by atomic mass is 10.1. The van der Waals surface area contributed by atoms with Gasteiger partial charge < -0.3 is 14.5 Å². The molecule has 0 aliphatic heterocycles. The largest absolute Gasteiger partial charge is 0.333 e. The molecule has 6 heteroatoms. The fourth-order valence-corrected chi connectivity index (χ4v) is 2.89. The summed E-state index contributed by atoms with van der Waals surface area (Å²) < 4.78 is 1.98. The second-order valence-corrected chi connectivity index (χ2v) is 6.41. The molecule has 0 amide bonds. The van der Waals surface area contributed by atoms with Gasteiger partial charge in [0.2, 0.25) is 0 Å². The fourth-order valence-electron chi connectivity index (χ4n) is 2.89. The topological polar surface area (TPSA) is 83.5 Å². The number of hydrogen-bond donors (Lipinski definition) is 2. The van der Waals surface area contributed by atoms with Gasteiger partial charge in [0.25, 0.3) is 11.1 Å². The van der Waals surface area contributed by atoms with E-state index in [9.17, 15) is 9.59 Å². The van der Waals surface area contributed by atoms with Crippen molar-refractivity contribution in [2.24, 2.45) is 0 Å². The maximum absolute atomic E-state index is 12.4. The average molecular weight is 370 g/mol. The molecule has 0 saturated heterocycles. The minimum atomic E-state index is -0.343. The van der Waals surface area contributed by atoms with Crippen LogP contribution >= 0.6 is 0 Å². The van der Waals surface area contributed by atoms with Crippen molar-refractivity contribution in [1.29, 1.82) is 0 Å². The molecule has 2 N–H and O–H groups in total. The maximum atomic E-state index is 12.4. The Bertz CT molecular complexity index is 1300. The molecule has 2 heterocycles. The summed E-state index contributed by atoms with van der Waals surface area (Å²) in [7, 11) is 0. The first-order chi connectivity index (χ1) is 13.7. The van der Waals surface area contributed by atoms with Crippen molar-refractivity contribution in [3.8, 4) is 0 Å². The van der Waals surface area contributed by atoms with Gasteiger partial charge >= 0.3 is 0 Å². The molecule has 0 spiro atoms. The second-order valence-electron chi connectivity index (χ2n) is 6.41. The number of nitrogens with one attached hydrogen (secondary N) is 2. The zero-order valence-electron chi connectivity index (χ0n) is 15.0. The summed E-state index contributed by atoms with van der Waals surface area (Å²) in [5.74, 6) is 0. The van der Waals surface area contributed by atoms with Gasteiger partial charge in [0, 0.05) is 18.9 Å². The number of imidazole rings is 1. The van der Waals surface area contributed by atoms with E-state index in [1.165, 1.54) is 0 Å². The number of nitrogens with zero attached hydrogens (tertiary/aromatic N) is 2. The Hall–Kier alpha value is -3.93. The minimum absolute atomic E-state index is 0.220. The van der Waals surface area contributed by atoms with Crippen LogP contribution in [-0.4, -0.2) is 19.5 Å². The third-order valence-electron chi connectivity index (χ3n) is 4.31. The molecule has 2 aromatic heterocycles. The summed E-state index contributed by atoms with van der Waals surface area (Å²) in [6.45, 7) is 0.724. The summed E-state index contributed by atoms with van der Waals surface area (Å²) in [6.07, 6.45) is 8.71. The maximum Gasteiger partial charge on any atom is 0.272 e. The van der Waals surface area contributed by atoms with E-state index in [-0.39, 0.29) is 21.8 Å². The van der Waals surface area contributed by atoms with Crippen molar-refractivity contribution in [2.75, 3.05) is 0 Å². The van der Waals surface area contributed by atoms with Gasteiger partial charge in [0.05, 0.1) is 6.33 Å². The van der Waals surface area contributed by atoms with Crippen LogP contribution < -0.4 is 21.8 Å². The number of H-pyrrole nitrogens is 2. The van der Waals surface area contributed by atoms with Gasteiger partial charge in [-0.3, -0.25) is 9.59 Å². The Balaban J connectivity index is 1.65. The van der Waals surface area contributed by atoms with Crippen LogP contribution in [0.3, 0.4) is 0 Å². The van der Waals surface area contributed by atoms with Gasteiger partial charge in [-0.2, -0.15) is 0 Å². The molecule has 4 rings (SSSR count). The van der Waals surface area contributed by atoms with Crippen LogP contribution in [0.5, 0.6) is 0 Å². The van der Waals surface area contributed by atoms with Crippen LogP contribution in [0.2, 0.25) is 0 Å². The quantitative estimate of drug-likeness (QED) is 0.561. The molecular formula is C22H18N4O2. The SMILES string of the molecule is O=c1[nH]/c(=C\c2ccc(Cn3ccnc3)cc2)c(=O)[nH]/c1=C\c1ccccc1. The van der Waals surface area contributed by atoms with E-state index in [4.69, 9.17) is 0 Å². The molecule has 0 radical (unpaired) electrons. The molecule has 0 fully saturated rings. The van der Waals surface area contributed by atoms with Crippen LogP contribution in [-0.2, 0) is 6.54 Å². The highest BCUT2D eigenvalue weighted by atomic mass is 16.1. The van der Waals surface area contributed by atoms with Crippen LogP contribution in [0.4, 0.5) is 0 Å². The van der Waals surface area contributed by atoms with Gasteiger partial charge in [-0.05, 0) is 28.8 Å². The molecule has 0 unspecified atom stereocenters. The van der Waals surface area contributed by atoms with Gasteiger partial charge in [0.1, 0.15) is 10.7 Å². The van der Waals surface area contributed by atoms with Crippen molar-refractivity contribution >= 4 is 12.2 Å². The Morgan fingerprint density at radius 1 is 0.821 bits per heavy atom. The first kappa shape index (κ1) is 17.5. The standard InChI is InChI=1S/C22H18N4O2/c27-21-19(12-16-4-2-1-3-5-16)24-22(28)20(25-21)13-17-6-8-18(9-7-17)14-26-11-10-23-15-26/h1-13,15H,14H2,(H,24,28)(H,25,27)/b19-12-,20-13-. The van der Waals surface area contributed by atoms with Crippen molar-refractivity contribution in [1.82, 2.24) is 19.5 Å². The van der Waals surface area contributed by atoms with Crippen LogP contribution in [0.15, 0.2) is 82.9 Å². The van der Waals surface area contributed by atoms with E-state index in [0.29, 0.717) is 0 Å². The monoisotopic (exact) mass is 370 g/mol. The number of aromatic nitrogens is 4. The molecule has 138 valence electrons. The Labute approximate surface area is 160 Å². The highest BCUT2D eigenvalue weighted by Gasteiger charge is 1.98. The number of rotatable bonds is 4. The Morgan fingerprint density at radius 2 is 1.43 bits per heavy atom. The third kappa shape index (κ3) is 4.07. The first-order valence-electron chi connectivity index (χ1n) is 8.83. The number of aromatic amines is 2. The van der Waals surface area contributed by atoms with Gasteiger partial charge in [0.15, 0.2) is 0 Å². The minimum Gasteiger partial charge on any atom is -0.333 e. The van der Waals surface area contributed by atoms with Crippen LogP contribution in [0, 0.1) is 0 Å². The summed E-state index contributed by atoms with van der Waals surface area (Å²) >= 11 is 0. The zero-order chi connectivity index (χ0) is 19.3. The molecule has 2 aromatic carbocycles. The normalized spacial score (nSPS) is 12.4. The Morgan fingerprint density at radius 3 is 2.00 bits per heavy atom. The van der Waals surface area contributed by atoms with Crippen molar-refractivity contribution in [3.63, 3.8) is 0 Å². The molecule has 0 bridgehead atoms. The average Bonchev–Trinajstić information content (AvgIpc) is 3.21. The van der Waals surface area contributed by atoms with E-state index >= 15 is 0 Å². The van der Waals surface area contributed by atoms with E-state index in [2.05, 4.69) is 15.0 Å². The molecule has 0 saturated carbocycles. The van der Waals surface area contributed by atoms with Crippen molar-refractivity contribution < 1.29 is 0 Å². The van der Waals surface area contributed by atoms with E-state index in [0.717, 1.165) is 23.2 Å². The highest BCUT2D eigenvalue weighted by molar-refractivity contribution is 5.49. The van der Waals surface area contributed by atoms with Crippen molar-refractivity contribution in [2.45, 2.75) is 6.54 Å². The van der Waals surface area contributed by atoms with Gasteiger partial charge in [-0.1, -0.05) is 54.6 Å². The molecule has 6 nitrogen and oxygen atoms in total. The lowest BCUT2D eigenvalue weighted by Crippen LogP contribution is -2.46. The molecular weight excluding hydrogens is 352 g/mol. The zero-order valence-corrected chi connectivity index (χ0v) is 15.0. The predicted molar refractivity (Wildman–Crippen MR) is 108 cm³/mol. The molecule has 0 aliphatic rings. The molecule has 0 aliphatic carbocycles. The lowest BCUT2D eigenvalue weighted by Gasteiger charge is -2.02. The van der Waals surface area contributed by atoms with Crippen LogP contribution in [0.25, 0.3) is 12.2 Å². The van der Waals surface area contributed by atoms with E-state index in [1.54, 1.807) is 24.7 Å². The lowest BCUT2D eigenvalue weighted by molar-refractivity contribution is 0.797. The summed E-state index contributed by atoms with van der Waals surface area (Å²) in [5, 5.41) is 0.446. The molecule has 28 heavy (non-hydrogen) atoms. The van der Waals surface area contributed by atoms with Crippen LogP contribution in [0.1, 0.15) is 16.7 Å². The summed E-state index contributed by atoms with van der Waals surface area (Å²) in [6, 6.07) is 17.1. The molecule has 0 atom stereocenters. The smallest absolute Gasteiger partial charge is 0.272 e. The van der Waals surface area contributed by atoms with E-state index < -0.39 is 0 Å². The molecule has 4 aromatic rings. The van der Waals surface area contributed by atoms with Crippen molar-refractivity contribution in [3.05, 3.63) is 121 Å². The summed E-state index contributed by atoms with van der Waals surface area (Å²) in [4.78, 5) is 34.1. The van der Waals surface area contributed by atoms with Gasteiger partial charge in [-0.25, -0.2) is 4.98 Å². The second kappa shape index (κ2) is 7.75. The highest BCUT2D eigenvalue weighted by Crippen LogP contribution is 2.06. The first-order valence-corrected chi connectivity index (χ1v) is 8.83. The number of benzene rings is 2. The Kier molecular flexibility index (Phi) is 4.84.